The number of esters is 2. The minimum atomic E-state index is -1.27. The van der Waals surface area contributed by atoms with Gasteiger partial charge in [-0.3, -0.25) is 9.59 Å². The number of imidazole rings is 1. The zero-order valence-corrected chi connectivity index (χ0v) is 24.4. The molecular formula is C29H27F2N7O6. The van der Waals surface area contributed by atoms with Gasteiger partial charge in [0.05, 0.1) is 25.9 Å². The number of methoxy groups -OCH3 is 2. The lowest BCUT2D eigenvalue weighted by Gasteiger charge is -2.28. The van der Waals surface area contributed by atoms with E-state index in [-0.39, 0.29) is 48.1 Å². The normalized spacial score (nSPS) is 12.7. The Labute approximate surface area is 249 Å². The third kappa shape index (κ3) is 5.31. The van der Waals surface area contributed by atoms with E-state index < -0.39 is 41.3 Å². The Kier molecular flexibility index (Phi) is 8.04. The number of benzene rings is 1. The summed E-state index contributed by atoms with van der Waals surface area (Å²) < 4.78 is 41.3. The van der Waals surface area contributed by atoms with Gasteiger partial charge in [-0.2, -0.15) is 0 Å². The fourth-order valence-corrected chi connectivity index (χ4v) is 5.12. The molecule has 0 saturated heterocycles. The van der Waals surface area contributed by atoms with E-state index >= 15 is 8.78 Å². The average molecular weight is 608 g/mol. The topological polar surface area (TPSA) is 150 Å². The van der Waals surface area contributed by atoms with E-state index in [2.05, 4.69) is 29.4 Å². The first-order chi connectivity index (χ1) is 20.9. The van der Waals surface area contributed by atoms with Crippen molar-refractivity contribution in [2.75, 3.05) is 25.7 Å². The van der Waals surface area contributed by atoms with Gasteiger partial charge in [0, 0.05) is 36.8 Å². The molecule has 13 nitrogen and oxygen atoms in total. The van der Waals surface area contributed by atoms with E-state index in [0.29, 0.717) is 22.6 Å². The SMILES string of the molecule is COC(=O)C(=O)N1CCc2nc(N(C(=O)C(=O)OC)c3ncc(F)c(-c4cc(F)c5nc(C)n(C(C)C)c5c4)n3)ccc2C1. The first kappa shape index (κ1) is 30.1. The largest absolute Gasteiger partial charge is 0.462 e. The first-order valence-corrected chi connectivity index (χ1v) is 13.4. The summed E-state index contributed by atoms with van der Waals surface area (Å²) in [6, 6.07) is 5.50. The molecule has 2 amide bonds. The number of rotatable bonds is 4. The van der Waals surface area contributed by atoms with Crippen LogP contribution in [0.3, 0.4) is 0 Å². The van der Waals surface area contributed by atoms with E-state index in [1.807, 2.05) is 13.8 Å². The molecule has 228 valence electrons. The second-order valence-corrected chi connectivity index (χ2v) is 10.2. The van der Waals surface area contributed by atoms with Crippen molar-refractivity contribution in [1.29, 1.82) is 0 Å². The maximum Gasteiger partial charge on any atom is 0.397 e. The van der Waals surface area contributed by atoms with Gasteiger partial charge < -0.3 is 18.9 Å². The minimum Gasteiger partial charge on any atom is -0.462 e. The van der Waals surface area contributed by atoms with Gasteiger partial charge in [0.25, 0.3) is 0 Å². The zero-order chi connectivity index (χ0) is 31.9. The van der Waals surface area contributed by atoms with E-state index in [4.69, 9.17) is 0 Å². The van der Waals surface area contributed by atoms with Crippen LogP contribution < -0.4 is 4.90 Å². The van der Waals surface area contributed by atoms with Crippen LogP contribution in [0.2, 0.25) is 0 Å². The highest BCUT2D eigenvalue weighted by atomic mass is 19.1. The summed E-state index contributed by atoms with van der Waals surface area (Å²) in [5, 5.41) is 0. The highest BCUT2D eigenvalue weighted by Crippen LogP contribution is 2.32. The third-order valence-corrected chi connectivity index (χ3v) is 7.12. The number of ether oxygens (including phenoxy) is 2. The Bertz CT molecular complexity index is 1840. The number of nitrogens with zero attached hydrogens (tertiary/aromatic N) is 7. The summed E-state index contributed by atoms with van der Waals surface area (Å²) in [5.41, 5.74) is 1.32. The number of hydrogen-bond donors (Lipinski definition) is 0. The van der Waals surface area contributed by atoms with Crippen molar-refractivity contribution in [3.8, 4) is 11.3 Å². The molecule has 0 saturated carbocycles. The van der Waals surface area contributed by atoms with Crippen LogP contribution >= 0.6 is 0 Å². The number of anilines is 2. The third-order valence-electron chi connectivity index (χ3n) is 7.12. The second kappa shape index (κ2) is 11.7. The Morgan fingerprint density at radius 1 is 0.977 bits per heavy atom. The van der Waals surface area contributed by atoms with Crippen LogP contribution in [0.25, 0.3) is 22.3 Å². The second-order valence-electron chi connectivity index (χ2n) is 10.2. The Morgan fingerprint density at radius 3 is 2.39 bits per heavy atom. The number of aryl methyl sites for hydroxylation is 1. The molecule has 0 spiro atoms. The molecule has 0 unspecified atom stereocenters. The molecule has 0 N–H and O–H groups in total. The van der Waals surface area contributed by atoms with Crippen molar-refractivity contribution >= 4 is 46.6 Å². The number of hydrogen-bond acceptors (Lipinski definition) is 10. The van der Waals surface area contributed by atoms with Gasteiger partial charge in [-0.25, -0.2) is 43.2 Å². The number of aromatic nitrogens is 5. The highest BCUT2D eigenvalue weighted by molar-refractivity contribution is 6.39. The van der Waals surface area contributed by atoms with Gasteiger partial charge >= 0.3 is 23.8 Å². The first-order valence-electron chi connectivity index (χ1n) is 13.4. The van der Waals surface area contributed by atoms with Crippen LogP contribution in [-0.4, -0.2) is 73.9 Å². The molecule has 0 bridgehead atoms. The van der Waals surface area contributed by atoms with Gasteiger partial charge in [-0.15, -0.1) is 0 Å². The fraction of sp³-hybridized carbons (Fsp3) is 0.310. The Hall–Kier alpha value is -5.34. The Balaban J connectivity index is 1.59. The molecular weight excluding hydrogens is 580 g/mol. The molecule has 0 radical (unpaired) electrons. The molecule has 44 heavy (non-hydrogen) atoms. The van der Waals surface area contributed by atoms with Crippen LogP contribution in [0, 0.1) is 18.6 Å². The summed E-state index contributed by atoms with van der Waals surface area (Å²) in [4.78, 5) is 68.6. The lowest BCUT2D eigenvalue weighted by Crippen LogP contribution is -2.41. The summed E-state index contributed by atoms with van der Waals surface area (Å²) in [6.45, 7) is 5.73. The number of carbonyl (C=O) groups excluding carboxylic acids is 4. The van der Waals surface area contributed by atoms with E-state index in [9.17, 15) is 19.2 Å². The van der Waals surface area contributed by atoms with Gasteiger partial charge in [-0.1, -0.05) is 6.07 Å². The van der Waals surface area contributed by atoms with Crippen LogP contribution in [0.4, 0.5) is 20.5 Å². The van der Waals surface area contributed by atoms with E-state index in [1.54, 1.807) is 23.6 Å². The van der Waals surface area contributed by atoms with Crippen molar-refractivity contribution in [3.63, 3.8) is 0 Å². The van der Waals surface area contributed by atoms with Crippen LogP contribution in [0.1, 0.15) is 37.0 Å². The zero-order valence-electron chi connectivity index (χ0n) is 24.4. The summed E-state index contributed by atoms with van der Waals surface area (Å²) in [5.74, 6) is -5.82. The molecule has 1 aromatic carbocycles. The number of pyridine rings is 1. The molecule has 4 aromatic rings. The number of amides is 2. The fourth-order valence-electron chi connectivity index (χ4n) is 5.12. The molecule has 1 aliphatic rings. The molecule has 0 aliphatic carbocycles. The minimum absolute atomic E-state index is 0.0529. The summed E-state index contributed by atoms with van der Waals surface area (Å²) in [6.07, 6.45) is 1.01. The molecule has 15 heteroatoms. The predicted molar refractivity (Wildman–Crippen MR) is 150 cm³/mol. The predicted octanol–water partition coefficient (Wildman–Crippen LogP) is 2.95. The summed E-state index contributed by atoms with van der Waals surface area (Å²) >= 11 is 0. The molecule has 0 atom stereocenters. The number of carbonyl (C=O) groups is 4. The van der Waals surface area contributed by atoms with E-state index in [0.717, 1.165) is 31.4 Å². The average Bonchev–Trinajstić information content (AvgIpc) is 3.36. The van der Waals surface area contributed by atoms with Crippen molar-refractivity contribution in [2.45, 2.75) is 39.8 Å². The Morgan fingerprint density at radius 2 is 1.70 bits per heavy atom. The van der Waals surface area contributed by atoms with Crippen molar-refractivity contribution < 1.29 is 37.4 Å². The van der Waals surface area contributed by atoms with Gasteiger partial charge in [0.2, 0.25) is 5.95 Å². The van der Waals surface area contributed by atoms with Crippen LogP contribution in [0.15, 0.2) is 30.5 Å². The maximum atomic E-state index is 15.2. The van der Waals surface area contributed by atoms with Crippen molar-refractivity contribution in [1.82, 2.24) is 29.4 Å². The maximum absolute atomic E-state index is 15.2. The monoisotopic (exact) mass is 607 g/mol. The quantitative estimate of drug-likeness (QED) is 0.250. The van der Waals surface area contributed by atoms with Crippen LogP contribution in [-0.2, 0) is 41.6 Å². The molecule has 3 aromatic heterocycles. The highest BCUT2D eigenvalue weighted by Gasteiger charge is 2.32. The van der Waals surface area contributed by atoms with Crippen LogP contribution in [0.5, 0.6) is 0 Å². The van der Waals surface area contributed by atoms with Gasteiger partial charge in [0.1, 0.15) is 22.9 Å². The number of halogens is 2. The summed E-state index contributed by atoms with van der Waals surface area (Å²) in [7, 11) is 2.12. The van der Waals surface area contributed by atoms with Crippen molar-refractivity contribution in [3.05, 3.63) is 59.2 Å². The van der Waals surface area contributed by atoms with Crippen molar-refractivity contribution in [2.24, 2.45) is 0 Å². The smallest absolute Gasteiger partial charge is 0.397 e. The standard InChI is InChI=1S/C29H27F2N7O6/c1-14(2)37-15(3)33-24-18(30)10-17(11-21(24)37)23-19(31)12-32-29(35-23)38(26(40)28(42)44-5)22-7-6-16-13-36(9-8-20(16)34-22)25(39)27(41)43-4/h6-7,10-12,14H,8-9,13H2,1-5H3. The molecule has 1 aliphatic heterocycles. The molecule has 0 fully saturated rings. The van der Waals surface area contributed by atoms with Gasteiger partial charge in [-0.05, 0) is 44.5 Å². The van der Waals surface area contributed by atoms with Gasteiger partial charge in [0.15, 0.2) is 11.6 Å². The lowest BCUT2D eigenvalue weighted by atomic mass is 10.1. The van der Waals surface area contributed by atoms with E-state index in [1.165, 1.54) is 11.0 Å². The lowest BCUT2D eigenvalue weighted by molar-refractivity contribution is -0.158. The number of fused-ring (bicyclic) bond motifs is 2. The molecule has 5 rings (SSSR count). The molecule has 4 heterocycles.